The number of benzene rings is 3. The van der Waals surface area contributed by atoms with E-state index >= 15 is 0 Å². The number of nitrogens with zero attached hydrogens (tertiary/aromatic N) is 4. The van der Waals surface area contributed by atoms with Crippen molar-refractivity contribution in [1.82, 2.24) is 35.7 Å². The van der Waals surface area contributed by atoms with Gasteiger partial charge in [-0.25, -0.2) is 0 Å². The number of nitrogens with one attached hydrogen (secondary N) is 5. The quantitative estimate of drug-likeness (QED) is 0.0750. The van der Waals surface area contributed by atoms with Crippen LogP contribution in [0.2, 0.25) is 0 Å². The Morgan fingerprint density at radius 2 is 1.72 bits per heavy atom. The van der Waals surface area contributed by atoms with E-state index in [1.165, 1.54) is 12.3 Å². The molecule has 3 aromatic carbocycles. The van der Waals surface area contributed by atoms with Crippen LogP contribution < -0.4 is 31.3 Å². The van der Waals surface area contributed by atoms with Crippen molar-refractivity contribution in [2.24, 2.45) is 0 Å². The van der Waals surface area contributed by atoms with Crippen LogP contribution in [-0.2, 0) is 14.4 Å². The average molecular weight is 826 g/mol. The fourth-order valence-corrected chi connectivity index (χ4v) is 7.30. The fraction of sp³-hybridized carbons (Fsp3) is 0.250. The lowest BCUT2D eigenvalue weighted by atomic mass is 10.0. The molecule has 2 aliphatic heterocycles. The Morgan fingerprint density at radius 1 is 0.918 bits per heavy atom. The number of amides is 7. The van der Waals surface area contributed by atoms with Crippen LogP contribution in [0.3, 0.4) is 0 Å². The topological polar surface area (TPSA) is 221 Å². The van der Waals surface area contributed by atoms with Crippen molar-refractivity contribution in [2.45, 2.75) is 31.7 Å². The normalized spacial score (nSPS) is 14.6. The molecular weight excluding hydrogens is 783 g/mol. The van der Waals surface area contributed by atoms with E-state index in [1.54, 1.807) is 62.6 Å². The fourth-order valence-electron chi connectivity index (χ4n) is 7.30. The van der Waals surface area contributed by atoms with Crippen molar-refractivity contribution in [3.05, 3.63) is 108 Å². The molecule has 312 valence electrons. The Labute approximate surface area is 350 Å². The summed E-state index contributed by atoms with van der Waals surface area (Å²) >= 11 is 0. The zero-order chi connectivity index (χ0) is 43.2. The van der Waals surface area contributed by atoms with Crippen LogP contribution in [0.25, 0.3) is 22.0 Å². The van der Waals surface area contributed by atoms with Gasteiger partial charge in [-0.05, 0) is 55.7 Å². The van der Waals surface area contributed by atoms with E-state index in [0.717, 1.165) is 10.6 Å². The van der Waals surface area contributed by atoms with Crippen LogP contribution in [0.15, 0.2) is 85.2 Å². The monoisotopic (exact) mass is 825 g/mol. The summed E-state index contributed by atoms with van der Waals surface area (Å²) in [6.07, 6.45) is 4.33. The summed E-state index contributed by atoms with van der Waals surface area (Å²) in [5.41, 5.74) is 4.40. The predicted octanol–water partition coefficient (Wildman–Crippen LogP) is 3.89. The van der Waals surface area contributed by atoms with Crippen molar-refractivity contribution < 1.29 is 38.3 Å². The summed E-state index contributed by atoms with van der Waals surface area (Å²) in [6, 6.07) is 20.1. The minimum absolute atomic E-state index is 0.00985. The molecule has 7 amide bonds. The second kappa shape index (κ2) is 18.1. The van der Waals surface area contributed by atoms with Gasteiger partial charge in [-0.1, -0.05) is 30.3 Å². The van der Waals surface area contributed by atoms with Gasteiger partial charge >= 0.3 is 0 Å². The van der Waals surface area contributed by atoms with Gasteiger partial charge in [0.15, 0.2) is 0 Å². The molecule has 0 spiro atoms. The predicted molar refractivity (Wildman–Crippen MR) is 225 cm³/mol. The van der Waals surface area contributed by atoms with E-state index in [9.17, 15) is 33.6 Å². The van der Waals surface area contributed by atoms with Gasteiger partial charge < -0.3 is 30.9 Å². The molecule has 1 fully saturated rings. The third-order valence-electron chi connectivity index (χ3n) is 10.5. The number of imide groups is 2. The molecule has 7 rings (SSSR count). The molecule has 0 radical (unpaired) electrons. The number of carbonyl (C=O) groups excluding carboxylic acids is 7. The second-order valence-electron chi connectivity index (χ2n) is 14.4. The van der Waals surface area contributed by atoms with Gasteiger partial charge in [0.2, 0.25) is 17.7 Å². The molecule has 1 unspecified atom stereocenters. The standard InChI is InChI=1S/C44H43N9O8/c1-45-40(56)30-23-48-33-21-35(61-3)28(20-29(33)39(30)50-26-10-5-4-6-11-26)25-14-15-32(47-22-25)43(59)52(2)19-8-7-18-46-37(55)24-49-31-13-9-12-27-38(31)44(60)53(42(27)58)34-16-17-36(54)51-41(34)57/h4-6,9-15,20-23,34,49H,7-8,16-19,24H2,1-3H3,(H,45,56)(H,46,55)(H,48,50)(H,51,54,57). The molecule has 4 heterocycles. The number of rotatable bonds is 15. The smallest absolute Gasteiger partial charge is 0.272 e. The molecule has 5 N–H and O–H groups in total. The largest absolute Gasteiger partial charge is 0.496 e. The molecule has 1 atom stereocenters. The van der Waals surface area contributed by atoms with E-state index < -0.39 is 29.7 Å². The van der Waals surface area contributed by atoms with Crippen molar-refractivity contribution in [3.8, 4) is 16.9 Å². The van der Waals surface area contributed by atoms with Gasteiger partial charge in [-0.15, -0.1) is 0 Å². The molecule has 1 saturated heterocycles. The Morgan fingerprint density at radius 3 is 2.44 bits per heavy atom. The summed E-state index contributed by atoms with van der Waals surface area (Å²) < 4.78 is 5.73. The van der Waals surface area contributed by atoms with Gasteiger partial charge in [0.05, 0.1) is 41.5 Å². The second-order valence-corrected chi connectivity index (χ2v) is 14.4. The molecule has 0 aliphatic carbocycles. The molecule has 61 heavy (non-hydrogen) atoms. The van der Waals surface area contributed by atoms with Gasteiger partial charge in [0, 0.05) is 80.0 Å². The van der Waals surface area contributed by atoms with E-state index in [2.05, 4.69) is 36.6 Å². The highest BCUT2D eigenvalue weighted by molar-refractivity contribution is 6.25. The maximum absolute atomic E-state index is 13.3. The molecule has 0 bridgehead atoms. The van der Waals surface area contributed by atoms with E-state index in [1.807, 2.05) is 36.4 Å². The number of ether oxygens (including phenoxy) is 1. The summed E-state index contributed by atoms with van der Waals surface area (Å²) in [5, 5.41) is 14.6. The van der Waals surface area contributed by atoms with E-state index in [-0.39, 0.29) is 59.6 Å². The number of para-hydroxylation sites is 1. The van der Waals surface area contributed by atoms with Crippen LogP contribution in [0.1, 0.15) is 67.2 Å². The van der Waals surface area contributed by atoms with E-state index in [4.69, 9.17) is 4.74 Å². The van der Waals surface area contributed by atoms with E-state index in [0.29, 0.717) is 65.0 Å². The number of anilines is 3. The number of pyridine rings is 2. The summed E-state index contributed by atoms with van der Waals surface area (Å²) in [6.45, 7) is 0.559. The van der Waals surface area contributed by atoms with Crippen LogP contribution in [0, 0.1) is 0 Å². The number of piperidine rings is 1. The highest BCUT2D eigenvalue weighted by atomic mass is 16.5. The molecule has 2 aromatic heterocycles. The first-order chi connectivity index (χ1) is 29.5. The molecular formula is C44H43N9O8. The summed E-state index contributed by atoms with van der Waals surface area (Å²) in [5.74, 6) is -2.86. The molecule has 5 aromatic rings. The maximum atomic E-state index is 13.3. The lowest BCUT2D eigenvalue weighted by Crippen LogP contribution is -2.54. The Hall–Kier alpha value is -7.69. The van der Waals surface area contributed by atoms with Crippen LogP contribution in [-0.4, -0.2) is 108 Å². The number of fused-ring (bicyclic) bond motifs is 2. The minimum atomic E-state index is -1.10. The average Bonchev–Trinajstić information content (AvgIpc) is 3.53. The minimum Gasteiger partial charge on any atom is -0.496 e. The number of hydrogen-bond donors (Lipinski definition) is 5. The van der Waals surface area contributed by atoms with Crippen molar-refractivity contribution in [1.29, 1.82) is 0 Å². The molecule has 17 heteroatoms. The third-order valence-corrected chi connectivity index (χ3v) is 10.5. The Balaban J connectivity index is 0.923. The zero-order valence-electron chi connectivity index (χ0n) is 33.7. The van der Waals surface area contributed by atoms with Crippen molar-refractivity contribution >= 4 is 69.3 Å². The summed E-state index contributed by atoms with van der Waals surface area (Å²) in [4.78, 5) is 101. The highest BCUT2D eigenvalue weighted by Gasteiger charge is 2.45. The molecule has 2 aliphatic rings. The Bertz CT molecular complexity index is 2560. The van der Waals surface area contributed by atoms with Crippen molar-refractivity contribution in [3.63, 3.8) is 0 Å². The number of unbranched alkanes of at least 4 members (excludes halogenated alkanes) is 1. The SMILES string of the molecule is CNC(=O)c1cnc2cc(OC)c(-c3ccc(C(=O)N(C)CCCCNC(=O)CNc4cccc5c4C(=O)N(C4CCC(=O)NC4=O)C5=O)nc3)cc2c1Nc1ccccc1. The van der Waals surface area contributed by atoms with Crippen molar-refractivity contribution in [2.75, 3.05) is 51.5 Å². The number of carbonyl (C=O) groups is 7. The van der Waals surface area contributed by atoms with Gasteiger partial charge in [-0.2, -0.15) is 0 Å². The molecule has 0 saturated carbocycles. The van der Waals surface area contributed by atoms with Gasteiger partial charge in [0.25, 0.3) is 23.6 Å². The molecule has 17 nitrogen and oxygen atoms in total. The number of aromatic nitrogens is 2. The van der Waals surface area contributed by atoms with Crippen LogP contribution in [0.5, 0.6) is 5.75 Å². The first-order valence-electron chi connectivity index (χ1n) is 19.6. The maximum Gasteiger partial charge on any atom is 0.272 e. The third kappa shape index (κ3) is 8.71. The summed E-state index contributed by atoms with van der Waals surface area (Å²) in [7, 11) is 4.79. The first kappa shape index (κ1) is 41.5. The Kier molecular flexibility index (Phi) is 12.3. The number of hydrogen-bond acceptors (Lipinski definition) is 12. The highest BCUT2D eigenvalue weighted by Crippen LogP contribution is 2.38. The number of methoxy groups -OCH3 is 1. The lowest BCUT2D eigenvalue weighted by Gasteiger charge is -2.27. The van der Waals surface area contributed by atoms with Gasteiger partial charge in [0.1, 0.15) is 17.5 Å². The van der Waals surface area contributed by atoms with Crippen LogP contribution >= 0.6 is 0 Å². The first-order valence-corrected chi connectivity index (χ1v) is 19.6. The van der Waals surface area contributed by atoms with Gasteiger partial charge in [-0.3, -0.25) is 53.7 Å². The van der Waals surface area contributed by atoms with Crippen LogP contribution in [0.4, 0.5) is 17.1 Å². The lowest BCUT2D eigenvalue weighted by molar-refractivity contribution is -0.136. The zero-order valence-corrected chi connectivity index (χ0v) is 33.7.